The molecule has 120 valence electrons. The standard InChI is InChI=1S/C9H16N4O8/c10-12-13-11-5-3(15)1-9(20,8(18)19)21-7(5)6(17)4(16)2-14/h3-7,11,14-17,20H,1-2H2,(H,18,19)/t3-,4+,5+,6+,7+,9?/m0/s1. The molecule has 1 aliphatic rings. The van der Waals surface area contributed by atoms with Gasteiger partial charge < -0.3 is 35.4 Å². The Labute approximate surface area is 117 Å². The molecule has 1 heterocycles. The average molecular weight is 308 g/mol. The summed E-state index contributed by atoms with van der Waals surface area (Å²) in [6.45, 7) is -0.878. The van der Waals surface area contributed by atoms with Gasteiger partial charge in [-0.1, -0.05) is 0 Å². The Morgan fingerprint density at radius 3 is 2.67 bits per heavy atom. The van der Waals surface area contributed by atoms with E-state index in [-0.39, 0.29) is 0 Å². The Balaban J connectivity index is 3.07. The van der Waals surface area contributed by atoms with Crippen LogP contribution in [0.25, 0.3) is 10.4 Å². The summed E-state index contributed by atoms with van der Waals surface area (Å²) in [5, 5.41) is 59.5. The van der Waals surface area contributed by atoms with Gasteiger partial charge in [-0.2, -0.15) is 4.91 Å². The lowest BCUT2D eigenvalue weighted by Gasteiger charge is -2.42. The second-order valence-electron chi connectivity index (χ2n) is 4.53. The second kappa shape index (κ2) is 6.87. The molecule has 12 nitrogen and oxygen atoms in total. The summed E-state index contributed by atoms with van der Waals surface area (Å²) < 4.78 is 4.83. The zero-order valence-corrected chi connectivity index (χ0v) is 10.6. The molecule has 0 bridgehead atoms. The van der Waals surface area contributed by atoms with Gasteiger partial charge in [0.05, 0.1) is 6.61 Å². The molecule has 12 heteroatoms. The predicted octanol–water partition coefficient (Wildman–Crippen LogP) is -3.19. The van der Waals surface area contributed by atoms with Crippen LogP contribution in [0.3, 0.4) is 0 Å². The van der Waals surface area contributed by atoms with E-state index in [9.17, 15) is 25.2 Å². The average Bonchev–Trinajstić information content (AvgIpc) is 2.44. The molecular weight excluding hydrogens is 292 g/mol. The van der Waals surface area contributed by atoms with E-state index in [2.05, 4.69) is 15.6 Å². The van der Waals surface area contributed by atoms with Gasteiger partial charge in [-0.25, -0.2) is 4.79 Å². The van der Waals surface area contributed by atoms with E-state index in [1.807, 2.05) is 0 Å². The van der Waals surface area contributed by atoms with E-state index in [0.717, 1.165) is 0 Å². The molecule has 0 amide bonds. The van der Waals surface area contributed by atoms with E-state index in [4.69, 9.17) is 20.5 Å². The van der Waals surface area contributed by atoms with E-state index in [1.165, 1.54) is 0 Å². The van der Waals surface area contributed by atoms with Gasteiger partial charge >= 0.3 is 5.97 Å². The van der Waals surface area contributed by atoms with Crippen molar-refractivity contribution in [1.29, 1.82) is 0 Å². The van der Waals surface area contributed by atoms with Gasteiger partial charge in [-0.15, -0.1) is 5.53 Å². The van der Waals surface area contributed by atoms with Crippen LogP contribution in [0.5, 0.6) is 0 Å². The number of aliphatic carboxylic acids is 1. The number of hydrogen-bond acceptors (Lipinski definition) is 8. The molecular formula is C9H16N4O8. The topological polar surface area (TPSA) is 208 Å². The van der Waals surface area contributed by atoms with E-state index in [1.54, 1.807) is 0 Å². The summed E-state index contributed by atoms with van der Waals surface area (Å²) in [5.41, 5.74) is 10.3. The SMILES string of the molecule is [N-]=[N+]=NN[C@H]1[C@H]([C@H](O)[C@H](O)CO)OC(O)(C(=O)O)C[C@@H]1O. The van der Waals surface area contributed by atoms with Crippen LogP contribution in [0, 0.1) is 0 Å². The van der Waals surface area contributed by atoms with Crippen LogP contribution in [0.2, 0.25) is 0 Å². The lowest BCUT2D eigenvalue weighted by molar-refractivity contribution is -0.295. The fraction of sp³-hybridized carbons (Fsp3) is 0.889. The number of rotatable bonds is 6. The number of carboxylic acid groups (broad SMARTS) is 1. The monoisotopic (exact) mass is 308 g/mol. The van der Waals surface area contributed by atoms with Gasteiger partial charge in [-0.05, 0) is 5.22 Å². The van der Waals surface area contributed by atoms with Crippen molar-refractivity contribution in [3.63, 3.8) is 0 Å². The van der Waals surface area contributed by atoms with Crippen molar-refractivity contribution in [2.45, 2.75) is 42.7 Å². The van der Waals surface area contributed by atoms with Crippen molar-refractivity contribution in [2.75, 3.05) is 6.61 Å². The van der Waals surface area contributed by atoms with Gasteiger partial charge in [-0.3, -0.25) is 5.43 Å². The minimum absolute atomic E-state index is 0.764. The summed E-state index contributed by atoms with van der Waals surface area (Å²) in [7, 11) is 0. The lowest BCUT2D eigenvalue weighted by atomic mass is 9.89. The highest BCUT2D eigenvalue weighted by molar-refractivity contribution is 5.75. The van der Waals surface area contributed by atoms with Crippen molar-refractivity contribution in [2.24, 2.45) is 5.22 Å². The van der Waals surface area contributed by atoms with Crippen molar-refractivity contribution in [1.82, 2.24) is 5.43 Å². The highest BCUT2D eigenvalue weighted by Gasteiger charge is 2.54. The zero-order chi connectivity index (χ0) is 16.2. The molecule has 0 spiro atoms. The third-order valence-electron chi connectivity index (χ3n) is 3.09. The van der Waals surface area contributed by atoms with Crippen LogP contribution in [-0.2, 0) is 9.53 Å². The molecule has 1 unspecified atom stereocenters. The van der Waals surface area contributed by atoms with Gasteiger partial charge in [0.1, 0.15) is 24.4 Å². The fourth-order valence-electron chi connectivity index (χ4n) is 1.97. The number of aliphatic hydroxyl groups excluding tert-OH is 4. The highest BCUT2D eigenvalue weighted by atomic mass is 16.7. The summed E-state index contributed by atoms with van der Waals surface area (Å²) in [6.07, 6.45) is -7.59. The molecule has 21 heavy (non-hydrogen) atoms. The van der Waals surface area contributed by atoms with Gasteiger partial charge in [0.25, 0.3) is 5.79 Å². The molecule has 0 saturated carbocycles. The van der Waals surface area contributed by atoms with E-state index in [0.29, 0.717) is 0 Å². The minimum atomic E-state index is -2.80. The number of carboxylic acids is 1. The van der Waals surface area contributed by atoms with Crippen molar-refractivity contribution >= 4 is 5.97 Å². The molecule has 7 N–H and O–H groups in total. The van der Waals surface area contributed by atoms with Crippen molar-refractivity contribution in [3.8, 4) is 0 Å². The molecule has 0 aromatic rings. The quantitative estimate of drug-likeness (QED) is 0.114. The van der Waals surface area contributed by atoms with Crippen molar-refractivity contribution in [3.05, 3.63) is 10.4 Å². The first-order chi connectivity index (χ1) is 9.76. The molecule has 0 aliphatic carbocycles. The maximum Gasteiger partial charge on any atom is 0.364 e. The first kappa shape index (κ1) is 17.4. The van der Waals surface area contributed by atoms with Crippen LogP contribution in [0.1, 0.15) is 6.42 Å². The predicted molar refractivity (Wildman–Crippen MR) is 63.3 cm³/mol. The third kappa shape index (κ3) is 3.71. The summed E-state index contributed by atoms with van der Waals surface area (Å²) in [4.78, 5) is 13.3. The third-order valence-corrected chi connectivity index (χ3v) is 3.09. The molecule has 0 radical (unpaired) electrons. The number of aliphatic hydroxyl groups is 5. The molecule has 1 fully saturated rings. The molecule has 0 aromatic heterocycles. The largest absolute Gasteiger partial charge is 0.477 e. The first-order valence-corrected chi connectivity index (χ1v) is 5.85. The molecule has 1 rings (SSSR count). The lowest BCUT2D eigenvalue weighted by Crippen LogP contribution is -2.66. The van der Waals surface area contributed by atoms with Crippen molar-refractivity contribution < 1.29 is 40.2 Å². The Morgan fingerprint density at radius 1 is 1.57 bits per heavy atom. The van der Waals surface area contributed by atoms with E-state index >= 15 is 0 Å². The van der Waals surface area contributed by atoms with Crippen LogP contribution >= 0.6 is 0 Å². The Kier molecular flexibility index (Phi) is 5.69. The Hall–Kier alpha value is -1.66. The zero-order valence-electron chi connectivity index (χ0n) is 10.6. The molecule has 1 aliphatic heterocycles. The van der Waals surface area contributed by atoms with E-state index < -0.39 is 55.2 Å². The minimum Gasteiger partial charge on any atom is -0.477 e. The normalized spacial score (nSPS) is 35.4. The number of hydrogen-bond donors (Lipinski definition) is 7. The fourth-order valence-corrected chi connectivity index (χ4v) is 1.97. The maximum atomic E-state index is 11.0. The van der Waals surface area contributed by atoms with Crippen LogP contribution in [0.15, 0.2) is 5.22 Å². The number of nitrogens with zero attached hydrogens (tertiary/aromatic N) is 3. The summed E-state index contributed by atoms with van der Waals surface area (Å²) in [6, 6.07) is -1.31. The Morgan fingerprint density at radius 2 is 2.19 bits per heavy atom. The Bertz CT molecular complexity index is 430. The first-order valence-electron chi connectivity index (χ1n) is 5.85. The van der Waals surface area contributed by atoms with Gasteiger partial charge in [0, 0.05) is 6.42 Å². The van der Waals surface area contributed by atoms with Crippen LogP contribution in [0.4, 0.5) is 0 Å². The summed E-state index contributed by atoms with van der Waals surface area (Å²) in [5.74, 6) is -4.60. The number of carbonyl (C=O) groups is 1. The summed E-state index contributed by atoms with van der Waals surface area (Å²) >= 11 is 0. The number of azide groups is 1. The number of ether oxygens (including phenoxy) is 1. The molecule has 6 atom stereocenters. The van der Waals surface area contributed by atoms with Gasteiger partial charge in [0.2, 0.25) is 0 Å². The highest BCUT2D eigenvalue weighted by Crippen LogP contribution is 2.30. The smallest absolute Gasteiger partial charge is 0.364 e. The molecule has 1 saturated heterocycles. The van der Waals surface area contributed by atoms with Crippen LogP contribution in [-0.4, -0.2) is 79.5 Å². The van der Waals surface area contributed by atoms with Gasteiger partial charge in [0.15, 0.2) is 6.04 Å². The maximum absolute atomic E-state index is 11.0. The second-order valence-corrected chi connectivity index (χ2v) is 4.53. The molecule has 0 aromatic carbocycles. The number of nitrogens with one attached hydrogen (secondary N) is 1. The van der Waals surface area contributed by atoms with Crippen LogP contribution < -0.4 is 5.43 Å².